The van der Waals surface area contributed by atoms with Gasteiger partial charge in [-0.1, -0.05) is 17.7 Å². The molecule has 0 heterocycles. The van der Waals surface area contributed by atoms with Crippen molar-refractivity contribution in [2.75, 3.05) is 11.1 Å². The van der Waals surface area contributed by atoms with Crippen molar-refractivity contribution in [2.24, 2.45) is 0 Å². The Labute approximate surface area is 115 Å². The summed E-state index contributed by atoms with van der Waals surface area (Å²) < 4.78 is 13.6. The molecule has 3 nitrogen and oxygen atoms in total. The molecule has 2 rings (SSSR count). The van der Waals surface area contributed by atoms with Crippen LogP contribution in [0.1, 0.15) is 15.9 Å². The number of nitrogen functional groups attached to an aromatic ring is 1. The fourth-order valence-corrected chi connectivity index (χ4v) is 1.82. The minimum Gasteiger partial charge on any atom is -0.398 e. The quantitative estimate of drug-likeness (QED) is 0.824. The van der Waals surface area contributed by atoms with Gasteiger partial charge in [0.15, 0.2) is 0 Å². The normalized spacial score (nSPS) is 10.3. The van der Waals surface area contributed by atoms with Gasteiger partial charge in [-0.3, -0.25) is 4.79 Å². The van der Waals surface area contributed by atoms with Crippen LogP contribution >= 0.6 is 11.6 Å². The van der Waals surface area contributed by atoms with E-state index < -0.39 is 11.7 Å². The maximum atomic E-state index is 13.6. The van der Waals surface area contributed by atoms with Crippen LogP contribution in [-0.2, 0) is 0 Å². The number of carbonyl (C=O) groups is 1. The number of carbonyl (C=O) groups excluding carboxylic acids is 1. The summed E-state index contributed by atoms with van der Waals surface area (Å²) in [6.45, 7) is 1.81. The van der Waals surface area contributed by atoms with Gasteiger partial charge in [-0.15, -0.1) is 0 Å². The molecule has 5 heteroatoms. The molecule has 0 saturated heterocycles. The van der Waals surface area contributed by atoms with Crippen LogP contribution in [0.5, 0.6) is 0 Å². The average molecular weight is 279 g/mol. The van der Waals surface area contributed by atoms with Crippen molar-refractivity contribution >= 4 is 28.9 Å². The van der Waals surface area contributed by atoms with Crippen LogP contribution in [0, 0.1) is 12.7 Å². The lowest BCUT2D eigenvalue weighted by Crippen LogP contribution is -2.15. The molecule has 3 N–H and O–H groups in total. The van der Waals surface area contributed by atoms with Crippen molar-refractivity contribution in [1.29, 1.82) is 0 Å². The van der Waals surface area contributed by atoms with E-state index in [0.717, 1.165) is 5.56 Å². The highest BCUT2D eigenvalue weighted by Crippen LogP contribution is 2.21. The third-order valence-corrected chi connectivity index (χ3v) is 2.87. The summed E-state index contributed by atoms with van der Waals surface area (Å²) in [6, 6.07) is 9.03. The van der Waals surface area contributed by atoms with Crippen LogP contribution in [-0.4, -0.2) is 5.91 Å². The number of hydrogen-bond donors (Lipinski definition) is 2. The molecule has 0 bridgehead atoms. The first kappa shape index (κ1) is 13.4. The van der Waals surface area contributed by atoms with Gasteiger partial charge >= 0.3 is 0 Å². The van der Waals surface area contributed by atoms with Crippen molar-refractivity contribution in [2.45, 2.75) is 6.92 Å². The van der Waals surface area contributed by atoms with Gasteiger partial charge < -0.3 is 11.1 Å². The van der Waals surface area contributed by atoms with Gasteiger partial charge in [0.05, 0.1) is 11.3 Å². The highest BCUT2D eigenvalue weighted by atomic mass is 35.5. The fraction of sp³-hybridized carbons (Fsp3) is 0.0714. The number of benzene rings is 2. The molecule has 0 aliphatic heterocycles. The summed E-state index contributed by atoms with van der Waals surface area (Å²) in [6.07, 6.45) is 0. The van der Waals surface area contributed by atoms with E-state index in [-0.39, 0.29) is 16.9 Å². The van der Waals surface area contributed by atoms with E-state index in [1.54, 1.807) is 18.2 Å². The zero-order valence-corrected chi connectivity index (χ0v) is 11.0. The summed E-state index contributed by atoms with van der Waals surface area (Å²) in [5.41, 5.74) is 7.16. The van der Waals surface area contributed by atoms with Crippen LogP contribution in [0.15, 0.2) is 36.4 Å². The molecule has 2 aromatic rings. The summed E-state index contributed by atoms with van der Waals surface area (Å²) in [4.78, 5) is 12.0. The van der Waals surface area contributed by atoms with Crippen molar-refractivity contribution < 1.29 is 9.18 Å². The summed E-state index contributed by atoms with van der Waals surface area (Å²) in [5.74, 6) is -0.996. The molecule has 1 amide bonds. The second kappa shape index (κ2) is 5.28. The van der Waals surface area contributed by atoms with Crippen LogP contribution in [0.2, 0.25) is 5.02 Å². The molecule has 0 aliphatic carbocycles. The number of amides is 1. The molecule has 0 atom stereocenters. The maximum absolute atomic E-state index is 13.6. The van der Waals surface area contributed by atoms with Gasteiger partial charge in [-0.05, 0) is 42.8 Å². The fourth-order valence-electron chi connectivity index (χ4n) is 1.65. The van der Waals surface area contributed by atoms with Gasteiger partial charge in [-0.25, -0.2) is 4.39 Å². The van der Waals surface area contributed by atoms with Gasteiger partial charge in [0, 0.05) is 10.7 Å². The molecular weight excluding hydrogens is 267 g/mol. The Balaban J connectivity index is 2.30. The van der Waals surface area contributed by atoms with Crippen molar-refractivity contribution in [1.82, 2.24) is 0 Å². The number of hydrogen-bond acceptors (Lipinski definition) is 2. The predicted octanol–water partition coefficient (Wildman–Crippen LogP) is 3.62. The number of nitrogens with one attached hydrogen (secondary N) is 1. The summed E-state index contributed by atoms with van der Waals surface area (Å²) in [7, 11) is 0. The van der Waals surface area contributed by atoms with Gasteiger partial charge in [0.2, 0.25) is 0 Å². The first-order valence-electron chi connectivity index (χ1n) is 5.60. The van der Waals surface area contributed by atoms with E-state index >= 15 is 0 Å². The smallest absolute Gasteiger partial charge is 0.257 e. The lowest BCUT2D eigenvalue weighted by molar-refractivity contribution is 0.102. The number of rotatable bonds is 2. The van der Waals surface area contributed by atoms with Crippen molar-refractivity contribution in [3.05, 3.63) is 58.4 Å². The minimum absolute atomic E-state index is 0.115. The Morgan fingerprint density at radius 2 is 2.00 bits per heavy atom. The Kier molecular flexibility index (Phi) is 3.71. The van der Waals surface area contributed by atoms with E-state index in [2.05, 4.69) is 5.32 Å². The maximum Gasteiger partial charge on any atom is 0.257 e. The van der Waals surface area contributed by atoms with Gasteiger partial charge in [0.1, 0.15) is 5.82 Å². The highest BCUT2D eigenvalue weighted by Gasteiger charge is 2.12. The van der Waals surface area contributed by atoms with E-state index in [4.69, 9.17) is 17.3 Å². The standard InChI is InChI=1S/C14H12ClFN2O/c1-8-2-4-11(16)13(6-8)18-14(19)10-7-9(15)3-5-12(10)17/h2-7H,17H2,1H3,(H,18,19). The second-order valence-electron chi connectivity index (χ2n) is 4.17. The Bertz CT molecular complexity index is 643. The zero-order valence-electron chi connectivity index (χ0n) is 10.2. The first-order valence-corrected chi connectivity index (χ1v) is 5.97. The SMILES string of the molecule is Cc1ccc(F)c(NC(=O)c2cc(Cl)ccc2N)c1. The molecule has 0 aromatic heterocycles. The topological polar surface area (TPSA) is 55.1 Å². The molecular formula is C14H12ClFN2O. The van der Waals surface area contributed by atoms with Crippen LogP contribution in [0.25, 0.3) is 0 Å². The molecule has 0 spiro atoms. The third-order valence-electron chi connectivity index (χ3n) is 2.63. The molecule has 19 heavy (non-hydrogen) atoms. The van der Waals surface area contributed by atoms with Crippen LogP contribution in [0.4, 0.5) is 15.8 Å². The highest BCUT2D eigenvalue weighted by molar-refractivity contribution is 6.31. The zero-order chi connectivity index (χ0) is 14.0. The first-order chi connectivity index (χ1) is 8.97. The molecule has 0 aliphatic rings. The summed E-state index contributed by atoms with van der Waals surface area (Å²) in [5, 5.41) is 2.88. The van der Waals surface area contributed by atoms with Crippen LogP contribution in [0.3, 0.4) is 0 Å². The van der Waals surface area contributed by atoms with Crippen molar-refractivity contribution in [3.8, 4) is 0 Å². The van der Waals surface area contributed by atoms with Gasteiger partial charge in [0.25, 0.3) is 5.91 Å². The number of anilines is 2. The van der Waals surface area contributed by atoms with Crippen LogP contribution < -0.4 is 11.1 Å². The van der Waals surface area contributed by atoms with E-state index in [1.165, 1.54) is 18.2 Å². The van der Waals surface area contributed by atoms with E-state index in [0.29, 0.717) is 5.02 Å². The lowest BCUT2D eigenvalue weighted by atomic mass is 10.1. The molecule has 0 unspecified atom stereocenters. The van der Waals surface area contributed by atoms with Gasteiger partial charge in [-0.2, -0.15) is 0 Å². The molecule has 2 aromatic carbocycles. The van der Waals surface area contributed by atoms with E-state index in [1.807, 2.05) is 6.92 Å². The molecule has 0 fully saturated rings. The predicted molar refractivity (Wildman–Crippen MR) is 75.0 cm³/mol. The Morgan fingerprint density at radius 3 is 2.74 bits per heavy atom. The number of halogens is 2. The lowest BCUT2D eigenvalue weighted by Gasteiger charge is -2.09. The molecule has 0 radical (unpaired) electrons. The minimum atomic E-state index is -0.500. The Hall–Kier alpha value is -2.07. The number of nitrogens with two attached hydrogens (primary N) is 1. The third kappa shape index (κ3) is 3.03. The van der Waals surface area contributed by atoms with Crippen molar-refractivity contribution in [3.63, 3.8) is 0 Å². The second-order valence-corrected chi connectivity index (χ2v) is 4.61. The molecule has 0 saturated carbocycles. The average Bonchev–Trinajstić information content (AvgIpc) is 2.36. The number of aryl methyl sites for hydroxylation is 1. The van der Waals surface area contributed by atoms with E-state index in [9.17, 15) is 9.18 Å². The Morgan fingerprint density at radius 1 is 1.26 bits per heavy atom. The largest absolute Gasteiger partial charge is 0.398 e. The molecule has 98 valence electrons. The summed E-state index contributed by atoms with van der Waals surface area (Å²) >= 11 is 5.81. The monoisotopic (exact) mass is 278 g/mol.